The largest absolute Gasteiger partial charge is 0.463 e. The Labute approximate surface area is 117 Å². The number of carbonyl (C=O) groups is 2. The lowest BCUT2D eigenvalue weighted by Gasteiger charge is -2.30. The Hall–Kier alpha value is -1.89. The fraction of sp³-hybridized carbons (Fsp3) is 0.615. The second-order valence-electron chi connectivity index (χ2n) is 4.18. The molecular weight excluding hydrogens is 266 g/mol. The number of oxime groups is 1. The number of hydrogen-bond acceptors (Lipinski definition) is 7. The van der Waals surface area contributed by atoms with Crippen LogP contribution in [0.5, 0.6) is 0 Å². The van der Waals surface area contributed by atoms with Crippen LogP contribution in [0.1, 0.15) is 20.3 Å². The molecule has 0 N–H and O–H groups in total. The zero-order chi connectivity index (χ0) is 15.0. The summed E-state index contributed by atoms with van der Waals surface area (Å²) in [4.78, 5) is 26.5. The molecule has 0 saturated heterocycles. The first-order chi connectivity index (χ1) is 9.52. The Morgan fingerprint density at radius 3 is 2.65 bits per heavy atom. The molecule has 7 heteroatoms. The molecule has 1 aliphatic heterocycles. The summed E-state index contributed by atoms with van der Waals surface area (Å²) < 4.78 is 15.7. The van der Waals surface area contributed by atoms with Crippen LogP contribution in [0.4, 0.5) is 0 Å². The lowest BCUT2D eigenvalue weighted by Crippen LogP contribution is -2.41. The molecule has 0 radical (unpaired) electrons. The number of rotatable bonds is 6. The van der Waals surface area contributed by atoms with E-state index in [1.807, 2.05) is 0 Å². The summed E-state index contributed by atoms with van der Waals surface area (Å²) in [5.41, 5.74) is 0. The standard InChI is InChI=1S/C13H19NO6/c1-9(15)18-8-13-12(19-10(2)16)5-4-11(20-13)6-7-14-17-3/h4-5,7,11-13H,6,8H2,1-3H3/b14-7+/t11-,12-,13+/m0/s1. The highest BCUT2D eigenvalue weighted by Gasteiger charge is 2.30. The summed E-state index contributed by atoms with van der Waals surface area (Å²) in [5.74, 6) is -0.835. The van der Waals surface area contributed by atoms with Crippen LogP contribution >= 0.6 is 0 Å². The number of hydrogen-bond donors (Lipinski definition) is 0. The van der Waals surface area contributed by atoms with Gasteiger partial charge in [-0.2, -0.15) is 0 Å². The van der Waals surface area contributed by atoms with Gasteiger partial charge in [0.15, 0.2) is 0 Å². The van der Waals surface area contributed by atoms with Crippen molar-refractivity contribution in [2.24, 2.45) is 5.16 Å². The van der Waals surface area contributed by atoms with E-state index in [9.17, 15) is 9.59 Å². The molecule has 7 nitrogen and oxygen atoms in total. The van der Waals surface area contributed by atoms with Crippen molar-refractivity contribution in [3.63, 3.8) is 0 Å². The van der Waals surface area contributed by atoms with Crippen LogP contribution in [-0.4, -0.2) is 50.2 Å². The van der Waals surface area contributed by atoms with Gasteiger partial charge >= 0.3 is 11.9 Å². The zero-order valence-electron chi connectivity index (χ0n) is 11.8. The normalized spacial score (nSPS) is 25.4. The summed E-state index contributed by atoms with van der Waals surface area (Å²) in [6, 6.07) is 0. The van der Waals surface area contributed by atoms with E-state index in [2.05, 4.69) is 9.99 Å². The van der Waals surface area contributed by atoms with E-state index in [0.29, 0.717) is 6.42 Å². The third-order valence-electron chi connectivity index (χ3n) is 2.50. The summed E-state index contributed by atoms with van der Waals surface area (Å²) in [6.45, 7) is 2.64. The number of nitrogens with zero attached hydrogens (tertiary/aromatic N) is 1. The molecule has 0 aromatic carbocycles. The maximum Gasteiger partial charge on any atom is 0.303 e. The van der Waals surface area contributed by atoms with Crippen molar-refractivity contribution in [1.29, 1.82) is 0 Å². The third kappa shape index (κ3) is 5.83. The Balaban J connectivity index is 2.63. The van der Waals surface area contributed by atoms with Gasteiger partial charge in [0, 0.05) is 26.5 Å². The lowest BCUT2D eigenvalue weighted by molar-refractivity contribution is -0.162. The molecule has 3 atom stereocenters. The number of carbonyl (C=O) groups excluding carboxylic acids is 2. The van der Waals surface area contributed by atoms with Gasteiger partial charge in [-0.15, -0.1) is 0 Å². The van der Waals surface area contributed by atoms with Crippen molar-refractivity contribution in [2.75, 3.05) is 13.7 Å². The molecule has 0 aliphatic carbocycles. The van der Waals surface area contributed by atoms with Gasteiger partial charge in [-0.25, -0.2) is 0 Å². The molecule has 1 aliphatic rings. The Morgan fingerprint density at radius 2 is 2.05 bits per heavy atom. The molecule has 0 aromatic rings. The predicted octanol–water partition coefficient (Wildman–Crippen LogP) is 0.827. The molecule has 0 bridgehead atoms. The smallest absolute Gasteiger partial charge is 0.303 e. The zero-order valence-corrected chi connectivity index (χ0v) is 11.8. The summed E-state index contributed by atoms with van der Waals surface area (Å²) >= 11 is 0. The van der Waals surface area contributed by atoms with E-state index < -0.39 is 24.1 Å². The highest BCUT2D eigenvalue weighted by molar-refractivity contribution is 5.67. The van der Waals surface area contributed by atoms with Gasteiger partial charge < -0.3 is 19.0 Å². The molecule has 20 heavy (non-hydrogen) atoms. The van der Waals surface area contributed by atoms with Gasteiger partial charge in [0.1, 0.15) is 25.9 Å². The van der Waals surface area contributed by atoms with E-state index in [-0.39, 0.29) is 12.7 Å². The van der Waals surface area contributed by atoms with Gasteiger partial charge in [0.05, 0.1) is 6.10 Å². The van der Waals surface area contributed by atoms with E-state index in [1.165, 1.54) is 21.0 Å². The van der Waals surface area contributed by atoms with Crippen LogP contribution in [-0.2, 0) is 28.6 Å². The highest BCUT2D eigenvalue weighted by Crippen LogP contribution is 2.18. The van der Waals surface area contributed by atoms with Crippen molar-refractivity contribution >= 4 is 18.2 Å². The van der Waals surface area contributed by atoms with E-state index in [1.54, 1.807) is 18.4 Å². The van der Waals surface area contributed by atoms with Crippen molar-refractivity contribution in [1.82, 2.24) is 0 Å². The van der Waals surface area contributed by atoms with Crippen molar-refractivity contribution < 1.29 is 28.6 Å². The SMILES string of the molecule is CO/N=C/C[C@@H]1C=C[C@H](OC(C)=O)[C@@H](COC(C)=O)O1. The average molecular weight is 285 g/mol. The maximum absolute atomic E-state index is 11.0. The van der Waals surface area contributed by atoms with E-state index in [0.717, 1.165) is 0 Å². The minimum absolute atomic E-state index is 0.0234. The summed E-state index contributed by atoms with van der Waals surface area (Å²) in [6.07, 6.45) is 4.25. The second kappa shape index (κ2) is 8.31. The van der Waals surface area contributed by atoms with Crippen LogP contribution in [0, 0.1) is 0 Å². The molecule has 0 saturated carbocycles. The first-order valence-corrected chi connectivity index (χ1v) is 6.22. The van der Waals surface area contributed by atoms with E-state index >= 15 is 0 Å². The number of ether oxygens (including phenoxy) is 3. The topological polar surface area (TPSA) is 83.4 Å². The first kappa shape index (κ1) is 16.2. The summed E-state index contributed by atoms with van der Waals surface area (Å²) in [7, 11) is 1.45. The molecule has 112 valence electrons. The lowest BCUT2D eigenvalue weighted by atomic mass is 10.1. The molecule has 0 spiro atoms. The fourth-order valence-electron chi connectivity index (χ4n) is 1.70. The molecule has 0 amide bonds. The quantitative estimate of drug-likeness (QED) is 0.311. The third-order valence-corrected chi connectivity index (χ3v) is 2.50. The molecular formula is C13H19NO6. The molecule has 0 unspecified atom stereocenters. The fourth-order valence-corrected chi connectivity index (χ4v) is 1.70. The Bertz CT molecular complexity index is 392. The minimum atomic E-state index is -0.567. The Kier molecular flexibility index (Phi) is 6.72. The van der Waals surface area contributed by atoms with Crippen LogP contribution < -0.4 is 0 Å². The van der Waals surface area contributed by atoms with Gasteiger partial charge in [-0.05, 0) is 6.08 Å². The molecule has 0 fully saturated rings. The van der Waals surface area contributed by atoms with Crippen molar-refractivity contribution in [2.45, 2.75) is 38.6 Å². The van der Waals surface area contributed by atoms with Crippen molar-refractivity contribution in [3.05, 3.63) is 12.2 Å². The first-order valence-electron chi connectivity index (χ1n) is 6.22. The monoisotopic (exact) mass is 285 g/mol. The van der Waals surface area contributed by atoms with Crippen molar-refractivity contribution in [3.8, 4) is 0 Å². The van der Waals surface area contributed by atoms with Crippen LogP contribution in [0.3, 0.4) is 0 Å². The van der Waals surface area contributed by atoms with Crippen LogP contribution in [0.15, 0.2) is 17.3 Å². The van der Waals surface area contributed by atoms with Gasteiger partial charge in [0.2, 0.25) is 0 Å². The number of esters is 2. The highest BCUT2D eigenvalue weighted by atomic mass is 16.6. The Morgan fingerprint density at radius 1 is 1.30 bits per heavy atom. The van der Waals surface area contributed by atoms with Crippen LogP contribution in [0.25, 0.3) is 0 Å². The second-order valence-corrected chi connectivity index (χ2v) is 4.18. The van der Waals surface area contributed by atoms with E-state index in [4.69, 9.17) is 14.2 Å². The van der Waals surface area contributed by atoms with Gasteiger partial charge in [-0.1, -0.05) is 11.2 Å². The predicted molar refractivity (Wildman–Crippen MR) is 70.1 cm³/mol. The molecule has 0 aromatic heterocycles. The maximum atomic E-state index is 11.0. The molecule has 1 heterocycles. The molecule has 1 rings (SSSR count). The van der Waals surface area contributed by atoms with Crippen LogP contribution in [0.2, 0.25) is 0 Å². The average Bonchev–Trinajstić information content (AvgIpc) is 2.38. The minimum Gasteiger partial charge on any atom is -0.463 e. The van der Waals surface area contributed by atoms with Gasteiger partial charge in [-0.3, -0.25) is 9.59 Å². The van der Waals surface area contributed by atoms with Gasteiger partial charge in [0.25, 0.3) is 0 Å². The summed E-state index contributed by atoms with van der Waals surface area (Å²) in [5, 5.41) is 3.62.